The number of hydrogen-bond acceptors (Lipinski definition) is 11. The first-order valence-electron chi connectivity index (χ1n) is 10.9. The Bertz CT molecular complexity index is 1280. The third-order valence-electron chi connectivity index (χ3n) is 5.46. The summed E-state index contributed by atoms with van der Waals surface area (Å²) in [7, 11) is -3.66. The lowest BCUT2D eigenvalue weighted by molar-refractivity contribution is -0.159. The van der Waals surface area contributed by atoms with E-state index >= 15 is 0 Å². The molecule has 1 aliphatic heterocycles. The molecule has 200 valence electrons. The van der Waals surface area contributed by atoms with Crippen molar-refractivity contribution in [2.75, 3.05) is 13.2 Å². The van der Waals surface area contributed by atoms with Gasteiger partial charge in [-0.15, -0.1) is 4.83 Å². The fourth-order valence-corrected chi connectivity index (χ4v) is 4.54. The molecule has 1 aliphatic rings. The molecule has 4 N–H and O–H groups in total. The zero-order chi connectivity index (χ0) is 27.2. The van der Waals surface area contributed by atoms with E-state index < -0.39 is 62.2 Å². The van der Waals surface area contributed by atoms with E-state index in [2.05, 4.69) is 10.0 Å². The number of carbonyl (C=O) groups excluding carboxylic acids is 1. The molecule has 17 heteroatoms. The Balaban J connectivity index is 1.80. The minimum atomic E-state index is -3.66. The van der Waals surface area contributed by atoms with E-state index in [-0.39, 0.29) is 17.9 Å². The zero-order valence-corrected chi connectivity index (χ0v) is 20.4. The molecule has 2 aromatic rings. The Morgan fingerprint density at radius 1 is 1.35 bits per heavy atom. The molecule has 0 bridgehead atoms. The Kier molecular flexibility index (Phi) is 9.37. The quantitative estimate of drug-likeness (QED) is 0.0744. The third kappa shape index (κ3) is 6.33. The van der Waals surface area contributed by atoms with Gasteiger partial charge in [0.05, 0.1) is 13.2 Å². The number of esters is 1. The van der Waals surface area contributed by atoms with Gasteiger partial charge in [-0.25, -0.2) is 4.79 Å². The minimum Gasteiger partial charge on any atom is -0.465 e. The van der Waals surface area contributed by atoms with Crippen LogP contribution in [0.5, 0.6) is 0 Å². The van der Waals surface area contributed by atoms with Crippen LogP contribution < -0.4 is 11.2 Å². The lowest BCUT2D eigenvalue weighted by Gasteiger charge is -2.28. The summed E-state index contributed by atoms with van der Waals surface area (Å²) in [5, 5.41) is 34.9. The number of H-pyrrole nitrogens is 1. The van der Waals surface area contributed by atoms with Crippen LogP contribution in [0.25, 0.3) is 10.4 Å². The molecule has 2 unspecified atom stereocenters. The standard InChI is InChI=1S/C20H25N6O10P/c1-2-34-18(30)13(10-12-6-4-3-5-7-12)26(32)37(33)35-11-20(23-24-21)16(29)15(28)17(36-20)25-9-8-14(27)22-19(25)31/h3-9,13,15-17,28-29,32,37H,2,10-11H2,1H3,(H,22,27,31)/t13?,15-,16+,17-,20-/m1/s1. The molecule has 1 aromatic heterocycles. The average molecular weight is 540 g/mol. The van der Waals surface area contributed by atoms with Gasteiger partial charge in [-0.3, -0.25) is 23.7 Å². The predicted octanol–water partition coefficient (Wildman–Crippen LogP) is 0.0657. The van der Waals surface area contributed by atoms with Crippen LogP contribution in [0.4, 0.5) is 0 Å². The fourth-order valence-electron chi connectivity index (χ4n) is 3.63. The first-order valence-corrected chi connectivity index (χ1v) is 12.2. The Labute approximate surface area is 209 Å². The molecule has 1 saturated heterocycles. The number of aromatic nitrogens is 2. The van der Waals surface area contributed by atoms with Gasteiger partial charge >= 0.3 is 11.7 Å². The summed E-state index contributed by atoms with van der Waals surface area (Å²) in [5.41, 5.74) is 5.53. The smallest absolute Gasteiger partial charge is 0.330 e. The van der Waals surface area contributed by atoms with Crippen molar-refractivity contribution in [3.8, 4) is 0 Å². The Hall–Kier alpha value is -3.33. The molecular weight excluding hydrogens is 515 g/mol. The molecule has 6 atom stereocenters. The topological polar surface area (TPSA) is 229 Å². The van der Waals surface area contributed by atoms with E-state index in [0.717, 1.165) is 16.8 Å². The number of rotatable bonds is 11. The molecule has 1 fully saturated rings. The number of benzene rings is 1. The van der Waals surface area contributed by atoms with Crippen molar-refractivity contribution in [2.24, 2.45) is 5.11 Å². The van der Waals surface area contributed by atoms with E-state index in [1.165, 1.54) is 0 Å². The van der Waals surface area contributed by atoms with Gasteiger partial charge in [0.15, 0.2) is 6.23 Å². The maximum Gasteiger partial charge on any atom is 0.330 e. The molecule has 0 radical (unpaired) electrons. The molecule has 0 amide bonds. The van der Waals surface area contributed by atoms with Gasteiger partial charge < -0.3 is 29.4 Å². The number of nitrogens with zero attached hydrogens (tertiary/aromatic N) is 5. The second kappa shape index (κ2) is 12.3. The highest BCUT2D eigenvalue weighted by Gasteiger charge is 2.55. The van der Waals surface area contributed by atoms with Crippen molar-refractivity contribution in [3.05, 3.63) is 79.4 Å². The summed E-state index contributed by atoms with van der Waals surface area (Å²) >= 11 is 0. The van der Waals surface area contributed by atoms with Crippen LogP contribution in [-0.4, -0.2) is 73.0 Å². The maximum atomic E-state index is 12.8. The lowest BCUT2D eigenvalue weighted by atomic mass is 10.1. The summed E-state index contributed by atoms with van der Waals surface area (Å²) in [6.07, 6.45) is -4.58. The predicted molar refractivity (Wildman–Crippen MR) is 124 cm³/mol. The largest absolute Gasteiger partial charge is 0.465 e. The van der Waals surface area contributed by atoms with Crippen molar-refractivity contribution in [3.63, 3.8) is 0 Å². The van der Waals surface area contributed by atoms with Crippen LogP contribution in [-0.2, 0) is 29.8 Å². The molecular formula is C20H25N6O10P. The first kappa shape index (κ1) is 28.2. The van der Waals surface area contributed by atoms with Crippen molar-refractivity contribution < 1.29 is 38.8 Å². The SMILES string of the molecule is CCOC(=O)C(Cc1ccccc1)N(O)[PH](=O)OC[C@@]1(N=[N+]=[N-])O[C@@H](n2ccc(=O)[nH]c2=O)[C@H](O)[C@@H]1O. The van der Waals surface area contributed by atoms with Crippen LogP contribution in [0.2, 0.25) is 0 Å². The molecule has 2 heterocycles. The monoisotopic (exact) mass is 540 g/mol. The number of aliphatic hydroxyl groups excluding tert-OH is 2. The molecule has 0 saturated carbocycles. The molecule has 3 rings (SSSR count). The summed E-state index contributed by atoms with van der Waals surface area (Å²) in [5.74, 6) is -0.884. The van der Waals surface area contributed by atoms with Crippen LogP contribution in [0.15, 0.2) is 57.3 Å². The van der Waals surface area contributed by atoms with Gasteiger partial charge in [0.1, 0.15) is 18.2 Å². The molecule has 0 aliphatic carbocycles. The number of aliphatic hydroxyl groups is 2. The van der Waals surface area contributed by atoms with E-state index in [1.54, 1.807) is 37.3 Å². The third-order valence-corrected chi connectivity index (χ3v) is 6.53. The summed E-state index contributed by atoms with van der Waals surface area (Å²) in [6, 6.07) is 8.04. The van der Waals surface area contributed by atoms with Gasteiger partial charge in [0.2, 0.25) is 5.72 Å². The lowest BCUT2D eigenvalue weighted by Crippen LogP contribution is -2.45. The molecule has 1 aromatic carbocycles. The second-order valence-electron chi connectivity index (χ2n) is 7.85. The zero-order valence-electron chi connectivity index (χ0n) is 19.4. The average Bonchev–Trinajstić information content (AvgIpc) is 3.11. The highest BCUT2D eigenvalue weighted by molar-refractivity contribution is 7.36. The van der Waals surface area contributed by atoms with Crippen LogP contribution in [0, 0.1) is 0 Å². The minimum absolute atomic E-state index is 0.0107. The summed E-state index contributed by atoms with van der Waals surface area (Å²) < 4.78 is 29.1. The van der Waals surface area contributed by atoms with E-state index in [0.29, 0.717) is 5.56 Å². The maximum absolute atomic E-state index is 12.8. The molecule has 37 heavy (non-hydrogen) atoms. The van der Waals surface area contributed by atoms with E-state index in [9.17, 15) is 34.4 Å². The van der Waals surface area contributed by atoms with E-state index in [1.807, 2.05) is 4.98 Å². The van der Waals surface area contributed by atoms with Crippen molar-refractivity contribution in [1.29, 1.82) is 0 Å². The van der Waals surface area contributed by atoms with Gasteiger partial charge in [-0.1, -0.05) is 35.4 Å². The fraction of sp³-hybridized carbons (Fsp3) is 0.450. The molecule has 0 spiro atoms. The van der Waals surface area contributed by atoms with Gasteiger partial charge in [-0.2, -0.15) is 0 Å². The number of aromatic amines is 1. The highest BCUT2D eigenvalue weighted by atomic mass is 31.1. The number of hydrogen-bond donors (Lipinski definition) is 4. The van der Waals surface area contributed by atoms with Gasteiger partial charge in [0, 0.05) is 23.6 Å². The van der Waals surface area contributed by atoms with Gasteiger partial charge in [-0.05, 0) is 18.0 Å². The number of azide groups is 1. The normalized spacial score (nSPS) is 24.8. The Morgan fingerprint density at radius 2 is 2.05 bits per heavy atom. The first-order chi connectivity index (χ1) is 17.6. The highest BCUT2D eigenvalue weighted by Crippen LogP contribution is 2.41. The van der Waals surface area contributed by atoms with Crippen molar-refractivity contribution in [2.45, 2.75) is 43.5 Å². The van der Waals surface area contributed by atoms with Crippen LogP contribution >= 0.6 is 8.18 Å². The van der Waals surface area contributed by atoms with E-state index in [4.69, 9.17) is 19.5 Å². The summed E-state index contributed by atoms with van der Waals surface area (Å²) in [6.45, 7) is 0.583. The number of ether oxygens (including phenoxy) is 2. The van der Waals surface area contributed by atoms with Crippen LogP contribution in [0.1, 0.15) is 18.7 Å². The summed E-state index contributed by atoms with van der Waals surface area (Å²) in [4.78, 5) is 40.6. The second-order valence-corrected chi connectivity index (χ2v) is 9.13. The van der Waals surface area contributed by atoms with Gasteiger partial charge in [0.25, 0.3) is 13.7 Å². The Morgan fingerprint density at radius 3 is 2.68 bits per heavy atom. The molecule has 16 nitrogen and oxygen atoms in total. The number of nitrogens with one attached hydrogen (secondary N) is 1. The number of carbonyl (C=O) groups is 1. The van der Waals surface area contributed by atoms with Crippen LogP contribution in [0.3, 0.4) is 0 Å². The van der Waals surface area contributed by atoms with Crippen molar-refractivity contribution in [1.82, 2.24) is 14.4 Å². The van der Waals surface area contributed by atoms with Crippen molar-refractivity contribution >= 4 is 14.1 Å². The number of hydroxylamine groups is 1.